The Morgan fingerprint density at radius 2 is 2.27 bits per heavy atom. The number of rotatable bonds is 3. The highest BCUT2D eigenvalue weighted by atomic mass is 35.5. The number of aromatic nitrogens is 1. The Morgan fingerprint density at radius 1 is 1.67 bits per heavy atom. The van der Waals surface area contributed by atoms with Crippen molar-refractivity contribution in [1.29, 1.82) is 0 Å². The zero-order chi connectivity index (χ0) is 11.6. The molecular weight excluding hydrogens is 228 g/mol. The molecule has 0 amide bonds. The number of carboxylic acids is 1. The van der Waals surface area contributed by atoms with E-state index in [1.165, 1.54) is 6.92 Å². The second kappa shape index (κ2) is 4.53. The summed E-state index contributed by atoms with van der Waals surface area (Å²) in [7, 11) is 0. The lowest BCUT2D eigenvalue weighted by atomic mass is 10.1. The fourth-order valence-electron chi connectivity index (χ4n) is 1.27. The van der Waals surface area contributed by atoms with Crippen molar-refractivity contribution in [2.24, 2.45) is 0 Å². The van der Waals surface area contributed by atoms with E-state index < -0.39 is 18.1 Å². The molecule has 0 saturated carbocycles. The van der Waals surface area contributed by atoms with Gasteiger partial charge in [-0.3, -0.25) is 4.98 Å². The number of pyridine rings is 1. The molecule has 1 aromatic heterocycles. The van der Waals surface area contributed by atoms with Gasteiger partial charge in [0, 0.05) is 5.88 Å². The number of carbonyl (C=O) groups is 1. The third-order valence-corrected chi connectivity index (χ3v) is 2.17. The van der Waals surface area contributed by atoms with Gasteiger partial charge in [-0.15, -0.1) is 11.6 Å². The van der Waals surface area contributed by atoms with Crippen molar-refractivity contribution in [2.45, 2.75) is 19.2 Å². The van der Waals surface area contributed by atoms with Crippen molar-refractivity contribution in [3.05, 3.63) is 28.6 Å². The van der Waals surface area contributed by atoms with E-state index in [9.17, 15) is 13.6 Å². The van der Waals surface area contributed by atoms with Crippen LogP contribution in [0.1, 0.15) is 33.7 Å². The monoisotopic (exact) mass is 235 g/mol. The van der Waals surface area contributed by atoms with Crippen LogP contribution >= 0.6 is 11.6 Å². The molecule has 1 rings (SSSR count). The Kier molecular flexibility index (Phi) is 3.57. The number of carboxylic acid groups (broad SMARTS) is 1. The number of hydrogen-bond acceptors (Lipinski definition) is 2. The number of nitrogens with zero attached hydrogens (tertiary/aromatic N) is 1. The summed E-state index contributed by atoms with van der Waals surface area (Å²) in [5.41, 5.74) is -0.342. The second-order valence-electron chi connectivity index (χ2n) is 2.91. The van der Waals surface area contributed by atoms with E-state index in [-0.39, 0.29) is 22.7 Å². The van der Waals surface area contributed by atoms with Gasteiger partial charge in [-0.05, 0) is 18.6 Å². The predicted molar refractivity (Wildman–Crippen MR) is 50.4 cm³/mol. The summed E-state index contributed by atoms with van der Waals surface area (Å²) in [6.45, 7) is 1.37. The van der Waals surface area contributed by atoms with Gasteiger partial charge in [0.1, 0.15) is 5.69 Å². The number of alkyl halides is 3. The van der Waals surface area contributed by atoms with Gasteiger partial charge < -0.3 is 5.11 Å². The Balaban J connectivity index is 3.37. The minimum atomic E-state index is -2.73. The molecular formula is C9H8ClF2NO2. The van der Waals surface area contributed by atoms with E-state index >= 15 is 0 Å². The summed E-state index contributed by atoms with van der Waals surface area (Å²) >= 11 is 5.49. The van der Waals surface area contributed by atoms with Crippen LogP contribution < -0.4 is 0 Å². The van der Waals surface area contributed by atoms with Gasteiger partial charge in [-0.25, -0.2) is 13.6 Å². The number of aryl methyl sites for hydroxylation is 1. The first-order valence-corrected chi connectivity index (χ1v) is 4.58. The van der Waals surface area contributed by atoms with E-state index in [2.05, 4.69) is 4.98 Å². The van der Waals surface area contributed by atoms with Crippen LogP contribution in [0.5, 0.6) is 0 Å². The molecule has 0 radical (unpaired) electrons. The van der Waals surface area contributed by atoms with Crippen molar-refractivity contribution in [3.63, 3.8) is 0 Å². The van der Waals surface area contributed by atoms with E-state index in [0.717, 1.165) is 6.07 Å². The SMILES string of the molecule is Cc1nc(C(F)F)cc(CCl)c1C(=O)O. The highest BCUT2D eigenvalue weighted by Crippen LogP contribution is 2.23. The summed E-state index contributed by atoms with van der Waals surface area (Å²) in [5, 5.41) is 8.82. The maximum absolute atomic E-state index is 12.3. The summed E-state index contributed by atoms with van der Waals surface area (Å²) in [6.07, 6.45) is -2.73. The summed E-state index contributed by atoms with van der Waals surface area (Å²) in [6, 6.07) is 1.02. The molecule has 6 heteroatoms. The number of halogens is 3. The molecule has 0 aromatic carbocycles. The Bertz CT molecular complexity index is 396. The van der Waals surface area contributed by atoms with Crippen LogP contribution in [-0.2, 0) is 5.88 Å². The molecule has 0 bridgehead atoms. The van der Waals surface area contributed by atoms with Gasteiger partial charge in [-0.1, -0.05) is 0 Å². The van der Waals surface area contributed by atoms with Crippen LogP contribution in [0.15, 0.2) is 6.07 Å². The van der Waals surface area contributed by atoms with Gasteiger partial charge in [0.2, 0.25) is 0 Å². The lowest BCUT2D eigenvalue weighted by Crippen LogP contribution is -2.08. The van der Waals surface area contributed by atoms with Crippen LogP contribution in [0.4, 0.5) is 8.78 Å². The third kappa shape index (κ3) is 2.41. The zero-order valence-corrected chi connectivity index (χ0v) is 8.55. The number of hydrogen-bond donors (Lipinski definition) is 1. The lowest BCUT2D eigenvalue weighted by molar-refractivity contribution is 0.0693. The van der Waals surface area contributed by atoms with Crippen molar-refractivity contribution >= 4 is 17.6 Å². The molecule has 0 aliphatic carbocycles. The van der Waals surface area contributed by atoms with E-state index in [0.29, 0.717) is 0 Å². The summed E-state index contributed by atoms with van der Waals surface area (Å²) in [4.78, 5) is 14.3. The molecule has 0 aliphatic heterocycles. The average molecular weight is 236 g/mol. The molecule has 0 saturated heterocycles. The molecule has 1 aromatic rings. The van der Waals surface area contributed by atoms with Crippen LogP contribution in [-0.4, -0.2) is 16.1 Å². The fourth-order valence-corrected chi connectivity index (χ4v) is 1.48. The zero-order valence-electron chi connectivity index (χ0n) is 7.80. The van der Waals surface area contributed by atoms with Gasteiger partial charge >= 0.3 is 5.97 Å². The molecule has 1 N–H and O–H groups in total. The van der Waals surface area contributed by atoms with E-state index in [4.69, 9.17) is 16.7 Å². The molecule has 82 valence electrons. The first-order valence-electron chi connectivity index (χ1n) is 4.05. The predicted octanol–water partition coefficient (Wildman–Crippen LogP) is 2.76. The fraction of sp³-hybridized carbons (Fsp3) is 0.333. The minimum Gasteiger partial charge on any atom is -0.478 e. The first kappa shape index (κ1) is 11.8. The second-order valence-corrected chi connectivity index (χ2v) is 3.17. The van der Waals surface area contributed by atoms with E-state index in [1.807, 2.05) is 0 Å². The highest BCUT2D eigenvalue weighted by Gasteiger charge is 2.18. The van der Waals surface area contributed by atoms with Crippen molar-refractivity contribution < 1.29 is 18.7 Å². The van der Waals surface area contributed by atoms with Gasteiger partial charge in [0.05, 0.1) is 11.3 Å². The average Bonchev–Trinajstić information content (AvgIpc) is 2.15. The van der Waals surface area contributed by atoms with Crippen LogP contribution in [0.3, 0.4) is 0 Å². The molecule has 3 nitrogen and oxygen atoms in total. The third-order valence-electron chi connectivity index (χ3n) is 1.88. The molecule has 0 fully saturated rings. The Hall–Kier alpha value is -1.23. The Morgan fingerprint density at radius 3 is 2.67 bits per heavy atom. The molecule has 1 heterocycles. The van der Waals surface area contributed by atoms with Crippen molar-refractivity contribution in [1.82, 2.24) is 4.98 Å². The largest absolute Gasteiger partial charge is 0.478 e. The van der Waals surface area contributed by atoms with Crippen LogP contribution in [0.25, 0.3) is 0 Å². The van der Waals surface area contributed by atoms with Crippen LogP contribution in [0, 0.1) is 6.92 Å². The summed E-state index contributed by atoms with van der Waals surface area (Å²) in [5.74, 6) is -1.35. The van der Waals surface area contributed by atoms with Crippen molar-refractivity contribution in [3.8, 4) is 0 Å². The molecule has 0 atom stereocenters. The van der Waals surface area contributed by atoms with E-state index in [1.54, 1.807) is 0 Å². The first-order chi connectivity index (χ1) is 6.97. The smallest absolute Gasteiger partial charge is 0.337 e. The Labute approximate surface area is 89.7 Å². The maximum Gasteiger partial charge on any atom is 0.337 e. The quantitative estimate of drug-likeness (QED) is 0.820. The van der Waals surface area contributed by atoms with Crippen LogP contribution in [0.2, 0.25) is 0 Å². The maximum atomic E-state index is 12.3. The standard InChI is InChI=1S/C9H8ClF2NO2/c1-4-7(9(14)15)5(3-10)2-6(13-4)8(11)12/h2,8H,3H2,1H3,(H,14,15). The van der Waals surface area contributed by atoms with Gasteiger partial charge in [0.15, 0.2) is 0 Å². The highest BCUT2D eigenvalue weighted by molar-refractivity contribution is 6.17. The topological polar surface area (TPSA) is 50.2 Å². The molecule has 0 spiro atoms. The van der Waals surface area contributed by atoms with Gasteiger partial charge in [0.25, 0.3) is 6.43 Å². The molecule has 0 unspecified atom stereocenters. The number of aromatic carboxylic acids is 1. The lowest BCUT2D eigenvalue weighted by Gasteiger charge is -2.08. The van der Waals surface area contributed by atoms with Crippen molar-refractivity contribution in [2.75, 3.05) is 0 Å². The van der Waals surface area contributed by atoms with Gasteiger partial charge in [-0.2, -0.15) is 0 Å². The minimum absolute atomic E-state index is 0.0518. The molecule has 15 heavy (non-hydrogen) atoms. The molecule has 0 aliphatic rings. The normalized spacial score (nSPS) is 10.7. The summed E-state index contributed by atoms with van der Waals surface area (Å²) < 4.78 is 24.7.